The van der Waals surface area contributed by atoms with E-state index in [1.165, 1.54) is 7.05 Å². The summed E-state index contributed by atoms with van der Waals surface area (Å²) < 4.78 is 167. The van der Waals surface area contributed by atoms with Crippen molar-refractivity contribution in [2.24, 2.45) is 0 Å². The number of thioether (sulfide) groups is 1. The topological polar surface area (TPSA) is 20.3 Å². The predicted octanol–water partition coefficient (Wildman–Crippen LogP) is 5.33. The Morgan fingerprint density at radius 3 is 1.52 bits per heavy atom. The van der Waals surface area contributed by atoms with Crippen molar-refractivity contribution < 1.29 is 61.9 Å². The quantitative estimate of drug-likeness (QED) is 0.312. The highest BCUT2D eigenvalue weighted by Crippen LogP contribution is 2.60. The summed E-state index contributed by atoms with van der Waals surface area (Å²) in [5, 5.41) is 0. The van der Waals surface area contributed by atoms with Gasteiger partial charge in [0.2, 0.25) is 5.91 Å². The number of carbonyl (C=O) groups is 1. The summed E-state index contributed by atoms with van der Waals surface area (Å²) in [7, 11) is 1.27. The fraction of sp³-hybridized carbons (Fsp3) is 0.923. The van der Waals surface area contributed by atoms with Crippen molar-refractivity contribution in [2.75, 3.05) is 25.1 Å². The lowest BCUT2D eigenvalue weighted by molar-refractivity contribution is -0.439. The zero-order valence-corrected chi connectivity index (χ0v) is 15.3. The largest absolute Gasteiger partial charge is 0.460 e. The van der Waals surface area contributed by atoms with Gasteiger partial charge in [-0.3, -0.25) is 4.79 Å². The van der Waals surface area contributed by atoms with Crippen LogP contribution in [-0.4, -0.2) is 71.7 Å². The molecule has 0 aliphatic heterocycles. The lowest BCUT2D eigenvalue weighted by Crippen LogP contribution is -2.70. The van der Waals surface area contributed by atoms with Gasteiger partial charge in [0.15, 0.2) is 0 Å². The van der Waals surface area contributed by atoms with Crippen molar-refractivity contribution in [1.29, 1.82) is 0 Å². The average molecular weight is 479 g/mol. The maximum Gasteiger partial charge on any atom is 0.460 e. The second-order valence-electron chi connectivity index (χ2n) is 5.80. The van der Waals surface area contributed by atoms with Gasteiger partial charge in [0.05, 0.1) is 0 Å². The third-order valence-electron chi connectivity index (χ3n) is 3.67. The number of alkyl halides is 13. The number of halogens is 13. The van der Waals surface area contributed by atoms with Gasteiger partial charge in [-0.25, -0.2) is 0 Å². The minimum absolute atomic E-state index is 0.0893. The highest BCUT2D eigenvalue weighted by molar-refractivity contribution is 7.99. The first-order chi connectivity index (χ1) is 12.6. The van der Waals surface area contributed by atoms with Crippen LogP contribution < -0.4 is 0 Å². The first-order valence-electron chi connectivity index (χ1n) is 7.33. The highest BCUT2D eigenvalue weighted by atomic mass is 32.2. The van der Waals surface area contributed by atoms with Crippen LogP contribution in [0.15, 0.2) is 0 Å². The van der Waals surface area contributed by atoms with Crippen molar-refractivity contribution in [1.82, 2.24) is 4.90 Å². The predicted molar refractivity (Wildman–Crippen MR) is 76.0 cm³/mol. The molecular weight excluding hydrogens is 465 g/mol. The standard InChI is InChI=1S/C13H14F13NOS/c1-7(28)27(2)4-6-29-5-3-8(14,15)9(16,17)10(18,19)11(20,21)12(22,23)13(24,25)26/h3-6H2,1-2H3. The van der Waals surface area contributed by atoms with E-state index < -0.39 is 53.9 Å². The van der Waals surface area contributed by atoms with Crippen LogP contribution in [0.3, 0.4) is 0 Å². The van der Waals surface area contributed by atoms with E-state index >= 15 is 0 Å². The molecule has 0 aliphatic rings. The van der Waals surface area contributed by atoms with Crippen LogP contribution in [0.2, 0.25) is 0 Å². The Morgan fingerprint density at radius 2 is 1.14 bits per heavy atom. The molecule has 29 heavy (non-hydrogen) atoms. The Kier molecular flexibility index (Phi) is 8.25. The van der Waals surface area contributed by atoms with Gasteiger partial charge in [-0.1, -0.05) is 0 Å². The molecule has 0 saturated carbocycles. The molecule has 1 amide bonds. The first kappa shape index (κ1) is 27.9. The molecule has 0 rings (SSSR count). The molecule has 0 aromatic heterocycles. The highest BCUT2D eigenvalue weighted by Gasteiger charge is 2.90. The number of carbonyl (C=O) groups excluding carboxylic acids is 1. The van der Waals surface area contributed by atoms with Gasteiger partial charge in [-0.05, 0) is 5.75 Å². The summed E-state index contributed by atoms with van der Waals surface area (Å²) in [5.74, 6) is -38.3. The van der Waals surface area contributed by atoms with Crippen molar-refractivity contribution in [3.63, 3.8) is 0 Å². The molecule has 0 radical (unpaired) electrons. The molecule has 0 fully saturated rings. The molecule has 0 atom stereocenters. The van der Waals surface area contributed by atoms with E-state index in [0.717, 1.165) is 11.8 Å². The van der Waals surface area contributed by atoms with E-state index in [0.29, 0.717) is 11.8 Å². The molecule has 0 spiro atoms. The molecule has 16 heteroatoms. The Balaban J connectivity index is 5.42. The molecule has 0 aromatic carbocycles. The Bertz CT molecular complexity index is 576. The Morgan fingerprint density at radius 1 is 0.724 bits per heavy atom. The van der Waals surface area contributed by atoms with Crippen LogP contribution in [0, 0.1) is 0 Å². The van der Waals surface area contributed by atoms with Crippen molar-refractivity contribution >= 4 is 17.7 Å². The van der Waals surface area contributed by atoms with Gasteiger partial charge in [0.25, 0.3) is 0 Å². The van der Waals surface area contributed by atoms with Crippen molar-refractivity contribution in [3.8, 4) is 0 Å². The number of hydrogen-bond donors (Lipinski definition) is 0. The van der Waals surface area contributed by atoms with Crippen molar-refractivity contribution in [2.45, 2.75) is 49.1 Å². The van der Waals surface area contributed by atoms with Crippen LogP contribution in [-0.2, 0) is 4.79 Å². The Labute approximate surface area is 159 Å². The molecule has 0 heterocycles. The van der Waals surface area contributed by atoms with Crippen LogP contribution >= 0.6 is 11.8 Å². The summed E-state index contributed by atoms with van der Waals surface area (Å²) >= 11 is 0.402. The molecule has 2 nitrogen and oxygen atoms in total. The molecule has 0 N–H and O–H groups in total. The SMILES string of the molecule is CC(=O)N(C)CCSCCC(F)(F)C(F)(F)C(F)(F)C(F)(F)C(F)(F)C(F)(F)F. The normalized spacial score (nSPS) is 14.9. The molecule has 174 valence electrons. The third kappa shape index (κ3) is 5.16. The van der Waals surface area contributed by atoms with Gasteiger partial charge in [-0.2, -0.15) is 68.8 Å². The van der Waals surface area contributed by atoms with Gasteiger partial charge in [-0.15, -0.1) is 0 Å². The molecule has 0 aliphatic carbocycles. The zero-order chi connectivity index (χ0) is 23.7. The maximum atomic E-state index is 13.5. The Hall–Kier alpha value is -1.09. The lowest BCUT2D eigenvalue weighted by Gasteiger charge is -2.39. The minimum Gasteiger partial charge on any atom is -0.345 e. The van der Waals surface area contributed by atoms with E-state index in [1.54, 1.807) is 0 Å². The summed E-state index contributed by atoms with van der Waals surface area (Å²) in [6.45, 7) is 1.03. The van der Waals surface area contributed by atoms with Crippen LogP contribution in [0.4, 0.5) is 57.1 Å². The average Bonchev–Trinajstić information content (AvgIpc) is 2.52. The van der Waals surface area contributed by atoms with E-state index in [9.17, 15) is 61.9 Å². The van der Waals surface area contributed by atoms with Gasteiger partial charge < -0.3 is 4.90 Å². The van der Waals surface area contributed by atoms with E-state index in [4.69, 9.17) is 0 Å². The summed E-state index contributed by atoms with van der Waals surface area (Å²) in [4.78, 5) is 11.9. The summed E-state index contributed by atoms with van der Waals surface area (Å²) in [5.41, 5.74) is 0. The van der Waals surface area contributed by atoms with E-state index in [-0.39, 0.29) is 12.3 Å². The van der Waals surface area contributed by atoms with Crippen LogP contribution in [0.1, 0.15) is 13.3 Å². The van der Waals surface area contributed by atoms with Gasteiger partial charge in [0.1, 0.15) is 0 Å². The number of amides is 1. The fourth-order valence-electron chi connectivity index (χ4n) is 1.62. The van der Waals surface area contributed by atoms with E-state index in [2.05, 4.69) is 0 Å². The molecular formula is C13H14F13NOS. The number of nitrogens with zero attached hydrogens (tertiary/aromatic N) is 1. The van der Waals surface area contributed by atoms with E-state index in [1.807, 2.05) is 0 Å². The number of rotatable bonds is 10. The third-order valence-corrected chi connectivity index (χ3v) is 4.63. The molecule has 0 unspecified atom stereocenters. The maximum absolute atomic E-state index is 13.5. The second kappa shape index (κ2) is 8.57. The van der Waals surface area contributed by atoms with Crippen LogP contribution in [0.5, 0.6) is 0 Å². The zero-order valence-electron chi connectivity index (χ0n) is 14.5. The summed E-state index contributed by atoms with van der Waals surface area (Å²) in [6.07, 6.45) is -9.65. The monoisotopic (exact) mass is 479 g/mol. The smallest absolute Gasteiger partial charge is 0.345 e. The van der Waals surface area contributed by atoms with Crippen molar-refractivity contribution in [3.05, 3.63) is 0 Å². The second-order valence-corrected chi connectivity index (χ2v) is 7.03. The summed E-state index contributed by atoms with van der Waals surface area (Å²) in [6, 6.07) is 0. The van der Waals surface area contributed by atoms with Gasteiger partial charge >= 0.3 is 35.8 Å². The first-order valence-corrected chi connectivity index (χ1v) is 8.48. The van der Waals surface area contributed by atoms with Crippen LogP contribution in [0.25, 0.3) is 0 Å². The molecule has 0 aromatic rings. The lowest BCUT2D eigenvalue weighted by atomic mass is 9.93. The molecule has 0 bridgehead atoms. The van der Waals surface area contributed by atoms with Gasteiger partial charge in [0, 0.05) is 32.7 Å². The number of hydrogen-bond acceptors (Lipinski definition) is 2. The molecule has 0 saturated heterocycles. The minimum atomic E-state index is -7.87. The fourth-order valence-corrected chi connectivity index (χ4v) is 2.63.